The van der Waals surface area contributed by atoms with Crippen molar-refractivity contribution in [3.8, 4) is 11.1 Å². The quantitative estimate of drug-likeness (QED) is 0.879. The third kappa shape index (κ3) is 2.61. The normalized spacial score (nSPS) is 11.3. The molecule has 0 atom stereocenters. The van der Waals surface area contributed by atoms with E-state index in [1.54, 1.807) is 24.5 Å². The van der Waals surface area contributed by atoms with Crippen LogP contribution in [-0.2, 0) is 5.41 Å². The Hall–Kier alpha value is -2.43. The van der Waals surface area contributed by atoms with Crippen LogP contribution in [0.25, 0.3) is 11.1 Å². The Bertz CT molecular complexity index is 697. The fraction of sp³-hybridized carbons (Fsp3) is 0.267. The summed E-state index contributed by atoms with van der Waals surface area (Å²) in [5.41, 5.74) is 1.08. The molecule has 5 nitrogen and oxygen atoms in total. The lowest BCUT2D eigenvalue weighted by atomic mass is 9.86. The van der Waals surface area contributed by atoms with Gasteiger partial charge in [0.15, 0.2) is 0 Å². The summed E-state index contributed by atoms with van der Waals surface area (Å²) >= 11 is 0. The average molecular weight is 272 g/mol. The lowest BCUT2D eigenvalue weighted by molar-refractivity contribution is 0.0695. The molecule has 0 saturated carbocycles. The molecule has 5 heteroatoms. The number of nitrogens with one attached hydrogen (secondary N) is 1. The minimum absolute atomic E-state index is 0.259. The number of carboxylic acids is 1. The number of aromatic amines is 1. The second kappa shape index (κ2) is 4.92. The highest BCUT2D eigenvalue weighted by Crippen LogP contribution is 2.30. The van der Waals surface area contributed by atoms with Gasteiger partial charge in [-0.2, -0.15) is 0 Å². The van der Waals surface area contributed by atoms with Gasteiger partial charge in [0.25, 0.3) is 5.56 Å². The van der Waals surface area contributed by atoms with Crippen LogP contribution in [0.5, 0.6) is 0 Å². The van der Waals surface area contributed by atoms with Crippen molar-refractivity contribution < 1.29 is 9.90 Å². The molecule has 2 aromatic rings. The smallest absolute Gasteiger partial charge is 0.341 e. The van der Waals surface area contributed by atoms with Crippen molar-refractivity contribution in [2.75, 3.05) is 0 Å². The molecule has 2 N–H and O–H groups in total. The van der Waals surface area contributed by atoms with Gasteiger partial charge in [0.1, 0.15) is 5.56 Å². The monoisotopic (exact) mass is 272 g/mol. The summed E-state index contributed by atoms with van der Waals surface area (Å²) in [6, 6.07) is 5.00. The van der Waals surface area contributed by atoms with E-state index in [1.807, 2.05) is 20.8 Å². The Balaban J connectivity index is 2.79. The van der Waals surface area contributed by atoms with Gasteiger partial charge in [-0.1, -0.05) is 20.8 Å². The number of carbonyl (C=O) groups is 1. The van der Waals surface area contributed by atoms with E-state index in [2.05, 4.69) is 9.97 Å². The van der Waals surface area contributed by atoms with Gasteiger partial charge in [-0.05, 0) is 23.8 Å². The SMILES string of the molecule is CC(C)(C)c1[nH]c(=O)c(C(=O)O)cc1-c1ccncc1. The van der Waals surface area contributed by atoms with E-state index >= 15 is 0 Å². The zero-order valence-corrected chi connectivity index (χ0v) is 11.6. The number of aromatic carboxylic acids is 1. The number of pyridine rings is 2. The van der Waals surface area contributed by atoms with Crippen molar-refractivity contribution in [2.45, 2.75) is 26.2 Å². The molecule has 0 aliphatic rings. The lowest BCUT2D eigenvalue weighted by Crippen LogP contribution is -2.25. The van der Waals surface area contributed by atoms with Crippen LogP contribution in [0.15, 0.2) is 35.4 Å². The van der Waals surface area contributed by atoms with Gasteiger partial charge < -0.3 is 10.1 Å². The number of aromatic nitrogens is 2. The van der Waals surface area contributed by atoms with Crippen molar-refractivity contribution in [1.82, 2.24) is 9.97 Å². The molecular weight excluding hydrogens is 256 g/mol. The minimum Gasteiger partial charge on any atom is -0.477 e. The van der Waals surface area contributed by atoms with Gasteiger partial charge in [0.05, 0.1) is 0 Å². The first-order chi connectivity index (χ1) is 9.30. The first kappa shape index (κ1) is 14.0. The molecule has 104 valence electrons. The molecular formula is C15H16N2O3. The average Bonchev–Trinajstić information content (AvgIpc) is 2.38. The van der Waals surface area contributed by atoms with Crippen molar-refractivity contribution in [3.63, 3.8) is 0 Å². The van der Waals surface area contributed by atoms with E-state index in [9.17, 15) is 9.59 Å². The van der Waals surface area contributed by atoms with Gasteiger partial charge in [-0.25, -0.2) is 4.79 Å². The summed E-state index contributed by atoms with van der Waals surface area (Å²) in [6.45, 7) is 5.89. The molecule has 2 aromatic heterocycles. The van der Waals surface area contributed by atoms with Gasteiger partial charge in [-0.15, -0.1) is 0 Å². The molecule has 0 spiro atoms. The van der Waals surface area contributed by atoms with Gasteiger partial charge in [-0.3, -0.25) is 9.78 Å². The highest BCUT2D eigenvalue weighted by molar-refractivity contribution is 5.89. The molecule has 0 radical (unpaired) electrons. The topological polar surface area (TPSA) is 83.0 Å². The largest absolute Gasteiger partial charge is 0.477 e. The molecule has 2 rings (SSSR count). The fourth-order valence-corrected chi connectivity index (χ4v) is 2.04. The van der Waals surface area contributed by atoms with Gasteiger partial charge >= 0.3 is 5.97 Å². The second-order valence-electron chi connectivity index (χ2n) is 5.59. The Morgan fingerprint density at radius 2 is 1.85 bits per heavy atom. The number of rotatable bonds is 2. The van der Waals surface area contributed by atoms with Crippen LogP contribution in [0.3, 0.4) is 0 Å². The summed E-state index contributed by atoms with van der Waals surface area (Å²) in [5.74, 6) is -1.23. The Morgan fingerprint density at radius 1 is 1.25 bits per heavy atom. The maximum atomic E-state index is 11.9. The molecule has 2 heterocycles. The molecule has 0 aromatic carbocycles. The first-order valence-electron chi connectivity index (χ1n) is 6.22. The lowest BCUT2D eigenvalue weighted by Gasteiger charge is -2.22. The number of nitrogens with zero attached hydrogens (tertiary/aromatic N) is 1. The first-order valence-corrected chi connectivity index (χ1v) is 6.22. The molecule has 0 fully saturated rings. The van der Waals surface area contributed by atoms with Crippen LogP contribution in [0.2, 0.25) is 0 Å². The van der Waals surface area contributed by atoms with Crippen LogP contribution >= 0.6 is 0 Å². The molecule has 0 aliphatic heterocycles. The van der Waals surface area contributed by atoms with Crippen LogP contribution in [0, 0.1) is 0 Å². The van der Waals surface area contributed by atoms with Crippen molar-refractivity contribution in [1.29, 1.82) is 0 Å². The Morgan fingerprint density at radius 3 is 2.35 bits per heavy atom. The highest BCUT2D eigenvalue weighted by Gasteiger charge is 2.23. The summed E-state index contributed by atoms with van der Waals surface area (Å²) in [4.78, 5) is 29.7. The summed E-state index contributed by atoms with van der Waals surface area (Å²) in [5, 5.41) is 9.10. The van der Waals surface area contributed by atoms with E-state index in [4.69, 9.17) is 5.11 Å². The second-order valence-corrected chi connectivity index (χ2v) is 5.59. The molecule has 20 heavy (non-hydrogen) atoms. The fourth-order valence-electron chi connectivity index (χ4n) is 2.04. The van der Waals surface area contributed by atoms with Crippen molar-refractivity contribution >= 4 is 5.97 Å². The zero-order chi connectivity index (χ0) is 14.9. The van der Waals surface area contributed by atoms with E-state index in [1.165, 1.54) is 6.07 Å². The molecule has 0 bridgehead atoms. The van der Waals surface area contributed by atoms with Crippen LogP contribution in [0.4, 0.5) is 0 Å². The standard InChI is InChI=1S/C15H16N2O3/c1-15(2,3)12-10(9-4-6-16-7-5-9)8-11(14(19)20)13(18)17-12/h4-8H,1-3H3,(H,17,18)(H,19,20). The highest BCUT2D eigenvalue weighted by atomic mass is 16.4. The third-order valence-electron chi connectivity index (χ3n) is 3.01. The minimum atomic E-state index is -1.23. The van der Waals surface area contributed by atoms with Crippen LogP contribution < -0.4 is 5.56 Å². The molecule has 0 saturated heterocycles. The Labute approximate surface area is 116 Å². The maximum absolute atomic E-state index is 11.9. The van der Waals surface area contributed by atoms with E-state index in [-0.39, 0.29) is 11.0 Å². The number of hydrogen-bond donors (Lipinski definition) is 2. The number of H-pyrrole nitrogens is 1. The van der Waals surface area contributed by atoms with E-state index in [0.717, 1.165) is 5.56 Å². The molecule has 0 unspecified atom stereocenters. The third-order valence-corrected chi connectivity index (χ3v) is 3.01. The predicted octanol–water partition coefficient (Wildman–Crippen LogP) is 2.43. The van der Waals surface area contributed by atoms with Gasteiger partial charge in [0, 0.05) is 29.1 Å². The predicted molar refractivity (Wildman–Crippen MR) is 76.0 cm³/mol. The zero-order valence-electron chi connectivity index (χ0n) is 11.6. The Kier molecular flexibility index (Phi) is 3.44. The summed E-state index contributed by atoms with van der Waals surface area (Å²) in [7, 11) is 0. The van der Waals surface area contributed by atoms with Crippen molar-refractivity contribution in [2.24, 2.45) is 0 Å². The number of carboxylic acid groups (broad SMARTS) is 1. The van der Waals surface area contributed by atoms with E-state index < -0.39 is 11.5 Å². The van der Waals surface area contributed by atoms with Gasteiger partial charge in [0.2, 0.25) is 0 Å². The van der Waals surface area contributed by atoms with E-state index in [0.29, 0.717) is 11.3 Å². The summed E-state index contributed by atoms with van der Waals surface area (Å²) in [6.07, 6.45) is 3.26. The summed E-state index contributed by atoms with van der Waals surface area (Å²) < 4.78 is 0. The van der Waals surface area contributed by atoms with Crippen LogP contribution in [0.1, 0.15) is 36.8 Å². The van der Waals surface area contributed by atoms with Crippen molar-refractivity contribution in [3.05, 3.63) is 52.2 Å². The van der Waals surface area contributed by atoms with Crippen LogP contribution in [-0.4, -0.2) is 21.0 Å². The maximum Gasteiger partial charge on any atom is 0.341 e. The molecule has 0 amide bonds. The molecule has 0 aliphatic carbocycles. The number of hydrogen-bond acceptors (Lipinski definition) is 3.